The number of benzene rings is 1. The van der Waals surface area contributed by atoms with Crippen molar-refractivity contribution >= 4 is 17.6 Å². The van der Waals surface area contributed by atoms with Gasteiger partial charge >= 0.3 is 12.6 Å². The molecule has 0 unspecified atom stereocenters. The Kier molecular flexibility index (Phi) is 3.64. The number of carboxylic acids is 1. The lowest BCUT2D eigenvalue weighted by Crippen LogP contribution is -2.26. The Morgan fingerprint density at radius 1 is 1.42 bits per heavy atom. The zero-order valence-corrected chi connectivity index (χ0v) is 9.75. The summed E-state index contributed by atoms with van der Waals surface area (Å²) in [6.45, 7) is -3.05. The summed E-state index contributed by atoms with van der Waals surface area (Å²) in [5, 5.41) is 8.88. The number of aliphatic carboxylic acids is 1. The highest BCUT2D eigenvalue weighted by atomic mass is 19.3. The van der Waals surface area contributed by atoms with Crippen molar-refractivity contribution < 1.29 is 28.2 Å². The second kappa shape index (κ2) is 5.21. The SMILES string of the molecule is O=C(O)[C@@H]1CC(=O)N(c2ccccc2OC(F)F)C1. The van der Waals surface area contributed by atoms with Crippen LogP contribution in [0, 0.1) is 5.92 Å². The third kappa shape index (κ3) is 2.81. The van der Waals surface area contributed by atoms with Crippen molar-refractivity contribution in [3.63, 3.8) is 0 Å². The first-order valence-electron chi connectivity index (χ1n) is 5.56. The number of nitrogens with zero attached hydrogens (tertiary/aromatic N) is 1. The van der Waals surface area contributed by atoms with Crippen LogP contribution in [0.1, 0.15) is 6.42 Å². The summed E-state index contributed by atoms with van der Waals surface area (Å²) in [4.78, 5) is 23.8. The minimum Gasteiger partial charge on any atom is -0.481 e. The number of carboxylic acid groups (broad SMARTS) is 1. The number of anilines is 1. The van der Waals surface area contributed by atoms with Crippen molar-refractivity contribution in [2.24, 2.45) is 5.92 Å². The second-order valence-corrected chi connectivity index (χ2v) is 4.09. The van der Waals surface area contributed by atoms with Gasteiger partial charge in [0, 0.05) is 13.0 Å². The summed E-state index contributed by atoms with van der Waals surface area (Å²) >= 11 is 0. The summed E-state index contributed by atoms with van der Waals surface area (Å²) in [6, 6.07) is 5.81. The number of ether oxygens (including phenoxy) is 1. The number of carbonyl (C=O) groups is 2. The van der Waals surface area contributed by atoms with Gasteiger partial charge in [-0.05, 0) is 12.1 Å². The maximum Gasteiger partial charge on any atom is 0.387 e. The molecule has 7 heteroatoms. The van der Waals surface area contributed by atoms with Crippen LogP contribution in [0.2, 0.25) is 0 Å². The number of hydrogen-bond donors (Lipinski definition) is 1. The van der Waals surface area contributed by atoms with E-state index in [0.717, 1.165) is 4.90 Å². The van der Waals surface area contributed by atoms with Gasteiger partial charge < -0.3 is 14.7 Å². The summed E-state index contributed by atoms with van der Waals surface area (Å²) in [6.07, 6.45) is -0.141. The number of rotatable bonds is 4. The smallest absolute Gasteiger partial charge is 0.387 e. The quantitative estimate of drug-likeness (QED) is 0.905. The molecule has 5 nitrogen and oxygen atoms in total. The number of halogens is 2. The lowest BCUT2D eigenvalue weighted by atomic mass is 10.1. The molecule has 19 heavy (non-hydrogen) atoms. The van der Waals surface area contributed by atoms with Gasteiger partial charge in [0.2, 0.25) is 5.91 Å². The molecule has 0 bridgehead atoms. The predicted octanol–water partition coefficient (Wildman–Crippen LogP) is 1.73. The molecule has 1 aromatic rings. The van der Waals surface area contributed by atoms with E-state index in [0.29, 0.717) is 0 Å². The van der Waals surface area contributed by atoms with Crippen molar-refractivity contribution in [1.29, 1.82) is 0 Å². The first kappa shape index (κ1) is 13.3. The number of alkyl halides is 2. The molecule has 1 atom stereocenters. The highest BCUT2D eigenvalue weighted by molar-refractivity contribution is 6.00. The van der Waals surface area contributed by atoms with Crippen LogP contribution in [0.3, 0.4) is 0 Å². The van der Waals surface area contributed by atoms with E-state index >= 15 is 0 Å². The van der Waals surface area contributed by atoms with Gasteiger partial charge in [-0.1, -0.05) is 12.1 Å². The fraction of sp³-hybridized carbons (Fsp3) is 0.333. The third-order valence-electron chi connectivity index (χ3n) is 2.85. The standard InChI is InChI=1S/C12H11F2NO4/c13-12(14)19-9-4-2-1-3-8(9)15-6-7(11(17)18)5-10(15)16/h1-4,7,12H,5-6H2,(H,17,18)/t7-/m1/s1. The summed E-state index contributed by atoms with van der Waals surface area (Å²) in [7, 11) is 0. The number of para-hydroxylation sites is 2. The highest BCUT2D eigenvalue weighted by Gasteiger charge is 2.36. The Hall–Kier alpha value is -2.18. The monoisotopic (exact) mass is 271 g/mol. The van der Waals surface area contributed by atoms with Crippen LogP contribution in [0.25, 0.3) is 0 Å². The Bertz CT molecular complexity index is 506. The minimum absolute atomic E-state index is 0.0439. The van der Waals surface area contributed by atoms with Crippen LogP contribution in [-0.4, -0.2) is 30.1 Å². The number of amides is 1. The number of hydrogen-bond acceptors (Lipinski definition) is 3. The third-order valence-corrected chi connectivity index (χ3v) is 2.85. The number of carbonyl (C=O) groups excluding carboxylic acids is 1. The molecular weight excluding hydrogens is 260 g/mol. The molecule has 1 aromatic carbocycles. The van der Waals surface area contributed by atoms with Crippen LogP contribution in [-0.2, 0) is 9.59 Å². The zero-order valence-electron chi connectivity index (χ0n) is 9.75. The lowest BCUT2D eigenvalue weighted by Gasteiger charge is -2.19. The first-order valence-corrected chi connectivity index (χ1v) is 5.56. The van der Waals surface area contributed by atoms with Crippen LogP contribution >= 0.6 is 0 Å². The molecule has 0 spiro atoms. The molecule has 1 N–H and O–H groups in total. The van der Waals surface area contributed by atoms with Crippen molar-refractivity contribution in [3.8, 4) is 5.75 Å². The van der Waals surface area contributed by atoms with E-state index < -0.39 is 24.4 Å². The Balaban J connectivity index is 2.27. The maximum absolute atomic E-state index is 12.3. The molecule has 0 aliphatic carbocycles. The molecule has 102 valence electrons. The molecule has 0 aromatic heterocycles. The molecule has 1 aliphatic heterocycles. The van der Waals surface area contributed by atoms with E-state index in [4.69, 9.17) is 5.11 Å². The molecular formula is C12H11F2NO4. The fourth-order valence-electron chi connectivity index (χ4n) is 1.98. The van der Waals surface area contributed by atoms with E-state index in [-0.39, 0.29) is 24.4 Å². The predicted molar refractivity (Wildman–Crippen MR) is 61.2 cm³/mol. The molecule has 1 aliphatic rings. The van der Waals surface area contributed by atoms with Gasteiger partial charge in [0.1, 0.15) is 5.75 Å². The zero-order chi connectivity index (χ0) is 14.0. The summed E-state index contributed by atoms with van der Waals surface area (Å²) in [5.41, 5.74) is 0.163. The average Bonchev–Trinajstić information content (AvgIpc) is 2.71. The summed E-state index contributed by atoms with van der Waals surface area (Å²) < 4.78 is 28.9. The van der Waals surface area contributed by atoms with Crippen LogP contribution in [0.4, 0.5) is 14.5 Å². The van der Waals surface area contributed by atoms with Crippen molar-refractivity contribution in [3.05, 3.63) is 24.3 Å². The molecule has 0 saturated carbocycles. The minimum atomic E-state index is -3.01. The van der Waals surface area contributed by atoms with Crippen molar-refractivity contribution in [1.82, 2.24) is 0 Å². The van der Waals surface area contributed by atoms with Crippen molar-refractivity contribution in [2.45, 2.75) is 13.0 Å². The highest BCUT2D eigenvalue weighted by Crippen LogP contribution is 2.33. The van der Waals surface area contributed by atoms with Crippen LogP contribution < -0.4 is 9.64 Å². The Labute approximate surface area is 107 Å². The molecule has 1 fully saturated rings. The largest absolute Gasteiger partial charge is 0.481 e. The van der Waals surface area contributed by atoms with Gasteiger partial charge in [-0.25, -0.2) is 0 Å². The second-order valence-electron chi connectivity index (χ2n) is 4.09. The Morgan fingerprint density at radius 2 is 2.11 bits per heavy atom. The van der Waals surface area contributed by atoms with Gasteiger partial charge in [-0.15, -0.1) is 0 Å². The molecule has 0 radical (unpaired) electrons. The van der Waals surface area contributed by atoms with Gasteiger partial charge in [0.15, 0.2) is 0 Å². The first-order chi connectivity index (χ1) is 8.99. The fourth-order valence-corrected chi connectivity index (χ4v) is 1.98. The van der Waals surface area contributed by atoms with Crippen LogP contribution in [0.5, 0.6) is 5.75 Å². The van der Waals surface area contributed by atoms with E-state index in [2.05, 4.69) is 4.74 Å². The maximum atomic E-state index is 12.3. The Morgan fingerprint density at radius 3 is 2.68 bits per heavy atom. The molecule has 1 heterocycles. The van der Waals surface area contributed by atoms with E-state index in [1.807, 2.05) is 0 Å². The van der Waals surface area contributed by atoms with Gasteiger partial charge in [0.25, 0.3) is 0 Å². The topological polar surface area (TPSA) is 66.8 Å². The van der Waals surface area contributed by atoms with Crippen molar-refractivity contribution in [2.75, 3.05) is 11.4 Å². The van der Waals surface area contributed by atoms with E-state index in [1.165, 1.54) is 18.2 Å². The molecule has 1 saturated heterocycles. The lowest BCUT2D eigenvalue weighted by molar-refractivity contribution is -0.141. The van der Waals surface area contributed by atoms with Gasteiger partial charge in [-0.3, -0.25) is 9.59 Å². The van der Waals surface area contributed by atoms with Crippen LogP contribution in [0.15, 0.2) is 24.3 Å². The normalized spacial score (nSPS) is 19.0. The van der Waals surface area contributed by atoms with E-state index in [1.54, 1.807) is 6.07 Å². The van der Waals surface area contributed by atoms with Gasteiger partial charge in [-0.2, -0.15) is 8.78 Å². The summed E-state index contributed by atoms with van der Waals surface area (Å²) in [5.74, 6) is -2.47. The van der Waals surface area contributed by atoms with E-state index in [9.17, 15) is 18.4 Å². The average molecular weight is 271 g/mol. The molecule has 1 amide bonds. The van der Waals surface area contributed by atoms with Gasteiger partial charge in [0.05, 0.1) is 11.6 Å². The molecule has 2 rings (SSSR count).